The topological polar surface area (TPSA) is 46.9 Å². The molecule has 1 fully saturated rings. The van der Waals surface area contributed by atoms with E-state index in [-0.39, 0.29) is 5.91 Å². The van der Waals surface area contributed by atoms with Gasteiger partial charge in [0.1, 0.15) is 13.1 Å². The second kappa shape index (κ2) is 10.7. The molecule has 6 heteroatoms. The number of benzene rings is 3. The number of carbonyl (C=O) groups excluding carboxylic acids is 1. The minimum absolute atomic E-state index is 0.0914. The van der Waals surface area contributed by atoms with Crippen LogP contribution in [-0.4, -0.2) is 43.7 Å². The summed E-state index contributed by atoms with van der Waals surface area (Å²) >= 11 is 1.59. The zero-order chi connectivity index (χ0) is 23.2. The van der Waals surface area contributed by atoms with Gasteiger partial charge in [-0.3, -0.25) is 9.69 Å². The molecule has 0 bridgehead atoms. The predicted octanol–water partition coefficient (Wildman–Crippen LogP) is 3.93. The fraction of sp³-hybridized carbons (Fsp3) is 0.214. The Balaban J connectivity index is 1.54. The van der Waals surface area contributed by atoms with Crippen molar-refractivity contribution < 1.29 is 14.4 Å². The lowest BCUT2D eigenvalue weighted by Gasteiger charge is -2.26. The van der Waals surface area contributed by atoms with E-state index in [0.29, 0.717) is 26.3 Å². The molecule has 0 spiro atoms. The average Bonchev–Trinajstić information content (AvgIpc) is 3.35. The summed E-state index contributed by atoms with van der Waals surface area (Å²) in [5, 5.41) is 0.735. The van der Waals surface area contributed by atoms with Gasteiger partial charge >= 0.3 is 0 Å². The van der Waals surface area contributed by atoms with Crippen molar-refractivity contribution in [1.29, 1.82) is 0 Å². The molecule has 1 aromatic heterocycles. The highest BCUT2D eigenvalue weighted by molar-refractivity contribution is 7.19. The Morgan fingerprint density at radius 1 is 0.853 bits per heavy atom. The third kappa shape index (κ3) is 5.25. The van der Waals surface area contributed by atoms with Gasteiger partial charge in [0.15, 0.2) is 11.7 Å². The highest BCUT2D eigenvalue weighted by Gasteiger charge is 2.27. The van der Waals surface area contributed by atoms with Crippen molar-refractivity contribution in [3.8, 4) is 21.7 Å². The Labute approximate surface area is 204 Å². The van der Waals surface area contributed by atoms with Gasteiger partial charge in [-0.1, -0.05) is 102 Å². The lowest BCUT2D eigenvalue weighted by molar-refractivity contribution is -0.900. The van der Waals surface area contributed by atoms with Crippen LogP contribution in [0.15, 0.2) is 91.0 Å². The van der Waals surface area contributed by atoms with Gasteiger partial charge in [-0.2, -0.15) is 0 Å². The Hall–Kier alpha value is -3.32. The van der Waals surface area contributed by atoms with Crippen LogP contribution in [0.4, 0.5) is 5.13 Å². The maximum atomic E-state index is 13.6. The molecule has 0 radical (unpaired) electrons. The van der Waals surface area contributed by atoms with E-state index in [1.165, 1.54) is 4.90 Å². The number of amides is 1. The molecule has 2 heterocycles. The third-order valence-corrected chi connectivity index (χ3v) is 7.14. The van der Waals surface area contributed by atoms with Gasteiger partial charge in [0, 0.05) is 5.56 Å². The molecule has 3 aromatic carbocycles. The van der Waals surface area contributed by atoms with E-state index < -0.39 is 0 Å². The lowest BCUT2D eigenvalue weighted by Crippen LogP contribution is -3.15. The Morgan fingerprint density at radius 3 is 2.09 bits per heavy atom. The molecule has 0 saturated carbocycles. The number of quaternary nitrogens is 1. The first-order valence-corrected chi connectivity index (χ1v) is 12.5. The number of hydrogen-bond donors (Lipinski definition) is 1. The van der Waals surface area contributed by atoms with Gasteiger partial charge in [0.05, 0.1) is 30.3 Å². The zero-order valence-electron chi connectivity index (χ0n) is 19.0. The molecule has 172 valence electrons. The second-order valence-electron chi connectivity index (χ2n) is 8.41. The van der Waals surface area contributed by atoms with Crippen LogP contribution in [0.5, 0.6) is 0 Å². The number of anilines is 1. The van der Waals surface area contributed by atoms with Crippen molar-refractivity contribution in [2.75, 3.05) is 37.7 Å². The van der Waals surface area contributed by atoms with E-state index in [0.717, 1.165) is 45.5 Å². The summed E-state index contributed by atoms with van der Waals surface area (Å²) in [6, 6.07) is 30.7. The van der Waals surface area contributed by atoms with Crippen LogP contribution in [0.25, 0.3) is 21.7 Å². The molecule has 1 saturated heterocycles. The van der Waals surface area contributed by atoms with Crippen molar-refractivity contribution in [2.45, 2.75) is 6.54 Å². The van der Waals surface area contributed by atoms with Crippen LogP contribution >= 0.6 is 11.3 Å². The van der Waals surface area contributed by atoms with Gasteiger partial charge in [0.2, 0.25) is 0 Å². The number of carbonyl (C=O) groups is 1. The zero-order valence-corrected chi connectivity index (χ0v) is 19.8. The normalized spacial score (nSPS) is 14.1. The third-order valence-electron chi connectivity index (χ3n) is 6.02. The van der Waals surface area contributed by atoms with Crippen molar-refractivity contribution in [1.82, 2.24) is 4.98 Å². The molecular formula is C28H28N3O2S+. The van der Waals surface area contributed by atoms with Crippen LogP contribution in [0.2, 0.25) is 0 Å². The first-order valence-electron chi connectivity index (χ1n) is 11.7. The summed E-state index contributed by atoms with van der Waals surface area (Å²) in [5.41, 5.74) is 4.16. The molecule has 34 heavy (non-hydrogen) atoms. The number of ether oxygens (including phenoxy) is 1. The van der Waals surface area contributed by atoms with E-state index in [1.807, 2.05) is 59.5 Å². The van der Waals surface area contributed by atoms with Crippen LogP contribution < -0.4 is 9.80 Å². The molecule has 0 aliphatic carbocycles. The number of nitrogens with zero attached hydrogens (tertiary/aromatic N) is 2. The molecule has 1 aliphatic heterocycles. The molecule has 1 aliphatic rings. The average molecular weight is 471 g/mol. The monoisotopic (exact) mass is 470 g/mol. The highest BCUT2D eigenvalue weighted by Crippen LogP contribution is 2.40. The van der Waals surface area contributed by atoms with Gasteiger partial charge in [-0.15, -0.1) is 0 Å². The number of thiazole rings is 1. The maximum absolute atomic E-state index is 13.6. The van der Waals surface area contributed by atoms with Gasteiger partial charge in [-0.25, -0.2) is 4.98 Å². The molecule has 0 unspecified atom stereocenters. The quantitative estimate of drug-likeness (QED) is 0.445. The lowest BCUT2D eigenvalue weighted by atomic mass is 10.1. The largest absolute Gasteiger partial charge is 0.370 e. The van der Waals surface area contributed by atoms with E-state index in [1.54, 1.807) is 11.3 Å². The molecule has 1 amide bonds. The summed E-state index contributed by atoms with van der Waals surface area (Å²) in [5.74, 6) is 0.0914. The summed E-state index contributed by atoms with van der Waals surface area (Å²) in [7, 11) is 0. The SMILES string of the molecule is O=C(C[NH+]1CCOCC1)N(Cc1ccccc1)c1nc(-c2ccccc2)c(-c2ccccc2)s1. The van der Waals surface area contributed by atoms with Crippen molar-refractivity contribution in [2.24, 2.45) is 0 Å². The highest BCUT2D eigenvalue weighted by atomic mass is 32.1. The van der Waals surface area contributed by atoms with Crippen LogP contribution in [0.3, 0.4) is 0 Å². The molecule has 0 atom stereocenters. The Bertz CT molecular complexity index is 1150. The van der Waals surface area contributed by atoms with Crippen LogP contribution in [-0.2, 0) is 16.1 Å². The van der Waals surface area contributed by atoms with Crippen LogP contribution in [0.1, 0.15) is 5.56 Å². The van der Waals surface area contributed by atoms with E-state index >= 15 is 0 Å². The summed E-state index contributed by atoms with van der Waals surface area (Å²) in [6.07, 6.45) is 0. The molecule has 4 aromatic rings. The Kier molecular flexibility index (Phi) is 7.10. The number of rotatable bonds is 7. The smallest absolute Gasteiger partial charge is 0.284 e. The molecule has 1 N–H and O–H groups in total. The van der Waals surface area contributed by atoms with E-state index in [9.17, 15) is 4.79 Å². The van der Waals surface area contributed by atoms with Crippen molar-refractivity contribution in [3.63, 3.8) is 0 Å². The number of aromatic nitrogens is 1. The van der Waals surface area contributed by atoms with Crippen molar-refractivity contribution >= 4 is 22.4 Å². The fourth-order valence-electron chi connectivity index (χ4n) is 4.18. The van der Waals surface area contributed by atoms with Crippen LogP contribution in [0, 0.1) is 0 Å². The van der Waals surface area contributed by atoms with Gasteiger partial charge in [0.25, 0.3) is 5.91 Å². The summed E-state index contributed by atoms with van der Waals surface area (Å²) in [6.45, 7) is 4.06. The first kappa shape index (κ1) is 22.5. The predicted molar refractivity (Wildman–Crippen MR) is 137 cm³/mol. The minimum atomic E-state index is 0.0914. The van der Waals surface area contributed by atoms with Crippen molar-refractivity contribution in [3.05, 3.63) is 96.6 Å². The first-order chi connectivity index (χ1) is 16.8. The standard InChI is InChI=1S/C28H27N3O2S/c32-25(21-30-16-18-33-19-17-30)31(20-22-10-4-1-5-11-22)28-29-26(23-12-6-2-7-13-23)27(34-28)24-14-8-3-9-15-24/h1-15H,16-21H2/p+1. The van der Waals surface area contributed by atoms with Gasteiger partial charge in [-0.05, 0) is 11.1 Å². The number of nitrogens with one attached hydrogen (secondary N) is 1. The number of hydrogen-bond acceptors (Lipinski definition) is 4. The fourth-order valence-corrected chi connectivity index (χ4v) is 5.29. The molecule has 5 nitrogen and oxygen atoms in total. The summed E-state index contributed by atoms with van der Waals surface area (Å²) < 4.78 is 5.48. The molecular weight excluding hydrogens is 442 g/mol. The minimum Gasteiger partial charge on any atom is -0.370 e. The molecule has 5 rings (SSSR count). The summed E-state index contributed by atoms with van der Waals surface area (Å²) in [4.78, 5) is 22.9. The maximum Gasteiger partial charge on any atom is 0.284 e. The van der Waals surface area contributed by atoms with Gasteiger partial charge < -0.3 is 9.64 Å². The van der Waals surface area contributed by atoms with E-state index in [2.05, 4.69) is 36.4 Å². The number of morpholine rings is 1. The van der Waals surface area contributed by atoms with E-state index in [4.69, 9.17) is 9.72 Å². The second-order valence-corrected chi connectivity index (χ2v) is 9.39. The Morgan fingerprint density at radius 2 is 1.44 bits per heavy atom.